The van der Waals surface area contributed by atoms with E-state index in [0.29, 0.717) is 25.8 Å². The fourth-order valence-electron chi connectivity index (χ4n) is 0.836. The van der Waals surface area contributed by atoms with Crippen LogP contribution in [0.25, 0.3) is 0 Å². The number of carboxylic acids is 1. The summed E-state index contributed by atoms with van der Waals surface area (Å²) in [5, 5.41) is 17.9. The Labute approximate surface area is 106 Å². The summed E-state index contributed by atoms with van der Waals surface area (Å²) >= 11 is 0. The van der Waals surface area contributed by atoms with Crippen molar-refractivity contribution in [2.75, 3.05) is 13.2 Å². The van der Waals surface area contributed by atoms with Gasteiger partial charge >= 0.3 is 5.97 Å². The van der Waals surface area contributed by atoms with E-state index in [1.807, 2.05) is 6.92 Å². The highest BCUT2D eigenvalue weighted by molar-refractivity contribution is 6.01. The lowest BCUT2D eigenvalue weighted by molar-refractivity contribution is -0.137. The Hall–Kier alpha value is -1.47. The zero-order valence-corrected chi connectivity index (χ0v) is 10.6. The van der Waals surface area contributed by atoms with Gasteiger partial charge in [0.15, 0.2) is 0 Å². The number of aliphatic hydroxyl groups excluding tert-OH is 1. The summed E-state index contributed by atoms with van der Waals surface area (Å²) < 4.78 is 0. The molecule has 0 aromatic rings. The van der Waals surface area contributed by atoms with Crippen molar-refractivity contribution in [3.63, 3.8) is 0 Å². The molecule has 7 heteroatoms. The van der Waals surface area contributed by atoms with Crippen molar-refractivity contribution in [2.24, 2.45) is 5.73 Å². The van der Waals surface area contributed by atoms with Crippen LogP contribution < -0.4 is 11.1 Å². The number of rotatable bonds is 4. The largest absolute Gasteiger partial charge is 0.481 e. The second-order valence-electron chi connectivity index (χ2n) is 3.48. The number of amides is 2. The SMILES string of the molecule is CCCCC(=O)O.NCCO.O=C1CCC(=O)N1. The molecule has 0 aromatic heterocycles. The minimum absolute atomic E-state index is 0.0972. The Bertz CT molecular complexity index is 240. The van der Waals surface area contributed by atoms with Gasteiger partial charge in [0.25, 0.3) is 0 Å². The molecule has 1 saturated heterocycles. The van der Waals surface area contributed by atoms with E-state index in [1.54, 1.807) is 0 Å². The highest BCUT2D eigenvalue weighted by atomic mass is 16.4. The fraction of sp³-hybridized carbons (Fsp3) is 0.727. The smallest absolute Gasteiger partial charge is 0.303 e. The maximum absolute atomic E-state index is 10.1. The van der Waals surface area contributed by atoms with Crippen molar-refractivity contribution in [3.8, 4) is 0 Å². The average molecular weight is 262 g/mol. The number of carbonyl (C=O) groups excluding carboxylic acids is 2. The van der Waals surface area contributed by atoms with E-state index in [2.05, 4.69) is 5.32 Å². The standard InChI is InChI=1S/C5H10O2.C4H5NO2.C2H7NO/c1-2-3-4-5(6)7;6-3-1-2-4(7)5-3;3-1-2-4/h2-4H2,1H3,(H,6,7);1-2H2,(H,5,6,7);4H,1-3H2. The number of carboxylic acid groups (broad SMARTS) is 1. The molecule has 0 unspecified atom stereocenters. The van der Waals surface area contributed by atoms with Crippen LogP contribution in [0.15, 0.2) is 0 Å². The van der Waals surface area contributed by atoms with Crippen molar-refractivity contribution in [1.29, 1.82) is 0 Å². The van der Waals surface area contributed by atoms with Crippen LogP contribution >= 0.6 is 0 Å². The number of carbonyl (C=O) groups is 3. The Kier molecular flexibility index (Phi) is 14.3. The summed E-state index contributed by atoms with van der Waals surface area (Å²) in [6.45, 7) is 2.45. The molecule has 7 nitrogen and oxygen atoms in total. The minimum atomic E-state index is -0.693. The van der Waals surface area contributed by atoms with Crippen LogP contribution in [0.2, 0.25) is 0 Å². The highest BCUT2D eigenvalue weighted by Crippen LogP contribution is 1.95. The first-order chi connectivity index (χ1) is 8.47. The van der Waals surface area contributed by atoms with Crippen LogP contribution in [0, 0.1) is 0 Å². The van der Waals surface area contributed by atoms with Crippen LogP contribution in [0.4, 0.5) is 0 Å². The first-order valence-corrected chi connectivity index (χ1v) is 5.83. The summed E-state index contributed by atoms with van der Waals surface area (Å²) in [5.41, 5.74) is 4.78. The van der Waals surface area contributed by atoms with Crippen LogP contribution in [-0.2, 0) is 14.4 Å². The van der Waals surface area contributed by atoms with Crippen molar-refractivity contribution in [2.45, 2.75) is 39.0 Å². The van der Waals surface area contributed by atoms with Gasteiger partial charge in [-0.15, -0.1) is 0 Å². The van der Waals surface area contributed by atoms with Gasteiger partial charge < -0.3 is 15.9 Å². The lowest BCUT2D eigenvalue weighted by Crippen LogP contribution is -2.18. The molecule has 0 saturated carbocycles. The number of nitrogens with one attached hydrogen (secondary N) is 1. The van der Waals surface area contributed by atoms with Gasteiger partial charge in [0.2, 0.25) is 11.8 Å². The molecule has 2 amide bonds. The summed E-state index contributed by atoms with van der Waals surface area (Å²) in [5.74, 6) is -0.989. The average Bonchev–Trinajstić information content (AvgIpc) is 2.71. The zero-order chi connectivity index (χ0) is 14.4. The lowest BCUT2D eigenvalue weighted by atomic mass is 10.3. The van der Waals surface area contributed by atoms with E-state index in [1.165, 1.54) is 0 Å². The second kappa shape index (κ2) is 13.6. The lowest BCUT2D eigenvalue weighted by Gasteiger charge is -1.85. The minimum Gasteiger partial charge on any atom is -0.481 e. The summed E-state index contributed by atoms with van der Waals surface area (Å²) in [6.07, 6.45) is 2.83. The first kappa shape index (κ1) is 18.9. The van der Waals surface area contributed by atoms with Gasteiger partial charge in [-0.1, -0.05) is 13.3 Å². The maximum atomic E-state index is 10.1. The molecule has 1 aliphatic rings. The molecule has 18 heavy (non-hydrogen) atoms. The quantitative estimate of drug-likeness (QED) is 0.511. The fourth-order valence-corrected chi connectivity index (χ4v) is 0.836. The molecule has 1 fully saturated rings. The van der Waals surface area contributed by atoms with Gasteiger partial charge in [0, 0.05) is 25.8 Å². The Morgan fingerprint density at radius 2 is 1.78 bits per heavy atom. The number of hydrogen-bond donors (Lipinski definition) is 4. The molecular formula is C11H22N2O5. The van der Waals surface area contributed by atoms with Crippen molar-refractivity contribution < 1.29 is 24.6 Å². The molecule has 0 atom stereocenters. The highest BCUT2D eigenvalue weighted by Gasteiger charge is 2.15. The van der Waals surface area contributed by atoms with E-state index in [9.17, 15) is 14.4 Å². The summed E-state index contributed by atoms with van der Waals surface area (Å²) in [4.78, 5) is 30.0. The molecular weight excluding hydrogens is 240 g/mol. The first-order valence-electron chi connectivity index (χ1n) is 5.83. The number of hydrogen-bond acceptors (Lipinski definition) is 5. The number of aliphatic hydroxyl groups is 1. The third-order valence-corrected chi connectivity index (χ3v) is 1.73. The van der Waals surface area contributed by atoms with Crippen molar-refractivity contribution >= 4 is 17.8 Å². The van der Waals surface area contributed by atoms with Crippen molar-refractivity contribution in [3.05, 3.63) is 0 Å². The van der Waals surface area contributed by atoms with E-state index in [0.717, 1.165) is 12.8 Å². The molecule has 1 heterocycles. The van der Waals surface area contributed by atoms with E-state index < -0.39 is 5.97 Å². The molecule has 0 aromatic carbocycles. The molecule has 1 rings (SSSR count). The van der Waals surface area contributed by atoms with Gasteiger partial charge in [-0.05, 0) is 6.42 Å². The Morgan fingerprint density at radius 3 is 1.89 bits per heavy atom. The van der Waals surface area contributed by atoms with E-state index in [-0.39, 0.29) is 18.4 Å². The van der Waals surface area contributed by atoms with Crippen molar-refractivity contribution in [1.82, 2.24) is 5.32 Å². The molecule has 106 valence electrons. The van der Waals surface area contributed by atoms with Gasteiger partial charge in [-0.2, -0.15) is 0 Å². The van der Waals surface area contributed by atoms with Crippen LogP contribution in [0.3, 0.4) is 0 Å². The number of unbranched alkanes of at least 4 members (excludes halogenated alkanes) is 1. The Morgan fingerprint density at radius 1 is 1.33 bits per heavy atom. The third kappa shape index (κ3) is 16.9. The Balaban J connectivity index is 0. The summed E-state index contributed by atoms with van der Waals surface area (Å²) in [6, 6.07) is 0. The molecule has 5 N–H and O–H groups in total. The second-order valence-corrected chi connectivity index (χ2v) is 3.48. The molecule has 0 radical (unpaired) electrons. The molecule has 0 bridgehead atoms. The number of imide groups is 1. The molecule has 0 aliphatic carbocycles. The topological polar surface area (TPSA) is 130 Å². The van der Waals surface area contributed by atoms with Crippen LogP contribution in [0.5, 0.6) is 0 Å². The van der Waals surface area contributed by atoms with Gasteiger partial charge in [0.05, 0.1) is 6.61 Å². The van der Waals surface area contributed by atoms with Gasteiger partial charge in [-0.25, -0.2) is 0 Å². The predicted molar refractivity (Wildman–Crippen MR) is 65.7 cm³/mol. The summed E-state index contributed by atoms with van der Waals surface area (Å²) in [7, 11) is 0. The normalized spacial score (nSPS) is 12.8. The maximum Gasteiger partial charge on any atom is 0.303 e. The van der Waals surface area contributed by atoms with Gasteiger partial charge in [-0.3, -0.25) is 19.7 Å². The third-order valence-electron chi connectivity index (χ3n) is 1.73. The monoisotopic (exact) mass is 262 g/mol. The van der Waals surface area contributed by atoms with Gasteiger partial charge in [0.1, 0.15) is 0 Å². The zero-order valence-electron chi connectivity index (χ0n) is 10.6. The number of aliphatic carboxylic acids is 1. The predicted octanol–water partition coefficient (Wildman–Crippen LogP) is -0.378. The van der Waals surface area contributed by atoms with E-state index >= 15 is 0 Å². The molecule has 1 aliphatic heterocycles. The van der Waals surface area contributed by atoms with E-state index in [4.69, 9.17) is 15.9 Å². The van der Waals surface area contributed by atoms with Crippen LogP contribution in [0.1, 0.15) is 39.0 Å². The molecule has 0 spiro atoms. The number of nitrogens with two attached hydrogens (primary N) is 1. The van der Waals surface area contributed by atoms with Crippen LogP contribution in [-0.4, -0.2) is 41.1 Å².